The van der Waals surface area contributed by atoms with Crippen LogP contribution in [0.1, 0.15) is 25.7 Å². The third-order valence-corrected chi connectivity index (χ3v) is 3.42. The molecule has 0 spiro atoms. The summed E-state index contributed by atoms with van der Waals surface area (Å²) in [4.78, 5) is 24.4. The number of aliphatic carboxylic acids is 1. The summed E-state index contributed by atoms with van der Waals surface area (Å²) in [6.45, 7) is 2.25. The minimum absolute atomic E-state index is 0.0245. The Morgan fingerprint density at radius 1 is 1.38 bits per heavy atom. The van der Waals surface area contributed by atoms with Crippen molar-refractivity contribution in [3.05, 3.63) is 0 Å². The van der Waals surface area contributed by atoms with Crippen LogP contribution in [0.25, 0.3) is 0 Å². The maximum absolute atomic E-state index is 12.0. The molecule has 1 unspecified atom stereocenters. The molecule has 2 aliphatic rings. The van der Waals surface area contributed by atoms with Gasteiger partial charge in [-0.2, -0.15) is 0 Å². The molecule has 0 aromatic heterocycles. The van der Waals surface area contributed by atoms with E-state index in [9.17, 15) is 9.59 Å². The van der Waals surface area contributed by atoms with Gasteiger partial charge in [0, 0.05) is 19.5 Å². The smallest absolute Gasteiger partial charge is 0.303 e. The zero-order valence-electron chi connectivity index (χ0n) is 9.32. The fourth-order valence-corrected chi connectivity index (χ4v) is 2.56. The molecule has 1 amide bonds. The number of hydrogen-bond acceptors (Lipinski definition) is 3. The highest BCUT2D eigenvalue weighted by Gasteiger charge is 2.32. The van der Waals surface area contributed by atoms with Crippen molar-refractivity contribution >= 4 is 11.9 Å². The Hall–Kier alpha value is -1.10. The monoisotopic (exact) mass is 226 g/mol. The second-order valence-corrected chi connectivity index (χ2v) is 4.69. The van der Waals surface area contributed by atoms with E-state index in [-0.39, 0.29) is 24.3 Å². The van der Waals surface area contributed by atoms with Crippen LogP contribution in [0, 0.1) is 5.92 Å². The van der Waals surface area contributed by atoms with E-state index in [1.54, 1.807) is 0 Å². The van der Waals surface area contributed by atoms with Crippen LogP contribution >= 0.6 is 0 Å². The summed E-state index contributed by atoms with van der Waals surface area (Å²) in [7, 11) is 0. The Kier molecular flexibility index (Phi) is 3.43. The van der Waals surface area contributed by atoms with Gasteiger partial charge in [-0.25, -0.2) is 0 Å². The highest BCUT2D eigenvalue weighted by atomic mass is 16.4. The lowest BCUT2D eigenvalue weighted by Gasteiger charge is -2.20. The Morgan fingerprint density at radius 2 is 2.19 bits per heavy atom. The van der Waals surface area contributed by atoms with Gasteiger partial charge in [-0.3, -0.25) is 9.59 Å². The lowest BCUT2D eigenvalue weighted by Crippen LogP contribution is -2.42. The molecule has 0 aromatic carbocycles. The minimum Gasteiger partial charge on any atom is -0.481 e. The van der Waals surface area contributed by atoms with Crippen molar-refractivity contribution in [1.82, 2.24) is 10.2 Å². The van der Waals surface area contributed by atoms with E-state index >= 15 is 0 Å². The Balaban J connectivity index is 1.83. The lowest BCUT2D eigenvalue weighted by atomic mass is 10.1. The van der Waals surface area contributed by atoms with Gasteiger partial charge < -0.3 is 15.3 Å². The van der Waals surface area contributed by atoms with Crippen LogP contribution in [0.4, 0.5) is 0 Å². The number of rotatable bonds is 3. The summed E-state index contributed by atoms with van der Waals surface area (Å²) in [5, 5.41) is 11.9. The molecule has 0 radical (unpaired) electrons. The molecule has 0 saturated carbocycles. The van der Waals surface area contributed by atoms with Crippen LogP contribution in [-0.4, -0.2) is 47.6 Å². The van der Waals surface area contributed by atoms with Crippen LogP contribution in [-0.2, 0) is 9.59 Å². The topological polar surface area (TPSA) is 69.6 Å². The molecule has 16 heavy (non-hydrogen) atoms. The second-order valence-electron chi connectivity index (χ2n) is 4.69. The molecule has 2 aliphatic heterocycles. The SMILES string of the molecule is O=C(O)CC1CCN(C(=O)[C@@H]2CCCN2)C1. The lowest BCUT2D eigenvalue weighted by molar-refractivity contribution is -0.138. The number of carboxylic acids is 1. The number of carbonyl (C=O) groups excluding carboxylic acids is 1. The molecule has 2 saturated heterocycles. The number of nitrogens with one attached hydrogen (secondary N) is 1. The third-order valence-electron chi connectivity index (χ3n) is 3.42. The van der Waals surface area contributed by atoms with Crippen molar-refractivity contribution in [3.63, 3.8) is 0 Å². The number of carbonyl (C=O) groups is 2. The van der Waals surface area contributed by atoms with E-state index in [0.717, 1.165) is 32.4 Å². The molecular formula is C11H18N2O3. The average Bonchev–Trinajstić information content (AvgIpc) is 2.84. The van der Waals surface area contributed by atoms with Gasteiger partial charge in [-0.15, -0.1) is 0 Å². The molecule has 0 aliphatic carbocycles. The fraction of sp³-hybridized carbons (Fsp3) is 0.818. The minimum atomic E-state index is -0.765. The van der Waals surface area contributed by atoms with E-state index < -0.39 is 5.97 Å². The molecule has 90 valence electrons. The maximum Gasteiger partial charge on any atom is 0.303 e. The first kappa shape index (κ1) is 11.4. The van der Waals surface area contributed by atoms with Crippen LogP contribution in [0.2, 0.25) is 0 Å². The molecule has 0 aromatic rings. The molecule has 5 heteroatoms. The molecule has 2 N–H and O–H groups in total. The van der Waals surface area contributed by atoms with Crippen molar-refractivity contribution in [2.24, 2.45) is 5.92 Å². The summed E-state index contributed by atoms with van der Waals surface area (Å²) >= 11 is 0. The van der Waals surface area contributed by atoms with Crippen LogP contribution in [0.15, 0.2) is 0 Å². The first-order chi connectivity index (χ1) is 7.66. The van der Waals surface area contributed by atoms with Gasteiger partial charge in [0.2, 0.25) is 5.91 Å². The molecule has 2 rings (SSSR count). The summed E-state index contributed by atoms with van der Waals surface area (Å²) in [6.07, 6.45) is 2.98. The standard InChI is InChI=1S/C11H18N2O3/c14-10(15)6-8-3-5-13(7-8)11(16)9-2-1-4-12-9/h8-9,12H,1-7H2,(H,14,15)/t8?,9-/m0/s1. The van der Waals surface area contributed by atoms with Crippen molar-refractivity contribution in [2.45, 2.75) is 31.7 Å². The van der Waals surface area contributed by atoms with Crippen molar-refractivity contribution in [1.29, 1.82) is 0 Å². The van der Waals surface area contributed by atoms with Gasteiger partial charge >= 0.3 is 5.97 Å². The maximum atomic E-state index is 12.0. The van der Waals surface area contributed by atoms with E-state index in [4.69, 9.17) is 5.11 Å². The largest absolute Gasteiger partial charge is 0.481 e. The van der Waals surface area contributed by atoms with Crippen molar-refractivity contribution in [3.8, 4) is 0 Å². The average molecular weight is 226 g/mol. The Bertz CT molecular complexity index is 287. The molecule has 2 fully saturated rings. The number of hydrogen-bond donors (Lipinski definition) is 2. The fourth-order valence-electron chi connectivity index (χ4n) is 2.56. The first-order valence-corrected chi connectivity index (χ1v) is 5.91. The van der Waals surface area contributed by atoms with Gasteiger partial charge in [0.1, 0.15) is 0 Å². The summed E-state index contributed by atoms with van der Waals surface area (Å²) in [5.41, 5.74) is 0. The Morgan fingerprint density at radius 3 is 2.81 bits per heavy atom. The van der Waals surface area contributed by atoms with Crippen molar-refractivity contribution < 1.29 is 14.7 Å². The van der Waals surface area contributed by atoms with E-state index in [1.165, 1.54) is 0 Å². The highest BCUT2D eigenvalue weighted by molar-refractivity contribution is 5.82. The van der Waals surface area contributed by atoms with Gasteiger partial charge in [0.15, 0.2) is 0 Å². The number of carboxylic acid groups (broad SMARTS) is 1. The van der Waals surface area contributed by atoms with Crippen LogP contribution in [0.5, 0.6) is 0 Å². The predicted molar refractivity (Wildman–Crippen MR) is 58.0 cm³/mol. The molecule has 5 nitrogen and oxygen atoms in total. The number of nitrogens with zero attached hydrogens (tertiary/aromatic N) is 1. The zero-order valence-corrected chi connectivity index (χ0v) is 9.32. The predicted octanol–water partition coefficient (Wildman–Crippen LogP) is 0.0616. The highest BCUT2D eigenvalue weighted by Crippen LogP contribution is 2.21. The van der Waals surface area contributed by atoms with Crippen LogP contribution in [0.3, 0.4) is 0 Å². The molecule has 2 atom stereocenters. The third kappa shape index (κ3) is 2.52. The van der Waals surface area contributed by atoms with Gasteiger partial charge in [0.05, 0.1) is 6.04 Å². The summed E-state index contributed by atoms with van der Waals surface area (Å²) in [5.74, 6) is -0.466. The van der Waals surface area contributed by atoms with Crippen LogP contribution < -0.4 is 5.32 Å². The van der Waals surface area contributed by atoms with Gasteiger partial charge in [0.25, 0.3) is 0 Å². The molecular weight excluding hydrogens is 208 g/mol. The van der Waals surface area contributed by atoms with Gasteiger partial charge in [-0.1, -0.05) is 0 Å². The first-order valence-electron chi connectivity index (χ1n) is 5.91. The van der Waals surface area contributed by atoms with E-state index in [1.807, 2.05) is 4.90 Å². The van der Waals surface area contributed by atoms with E-state index in [2.05, 4.69) is 5.32 Å². The van der Waals surface area contributed by atoms with Crippen molar-refractivity contribution in [2.75, 3.05) is 19.6 Å². The quantitative estimate of drug-likeness (QED) is 0.714. The van der Waals surface area contributed by atoms with E-state index in [0.29, 0.717) is 6.54 Å². The summed E-state index contributed by atoms with van der Waals surface area (Å²) in [6, 6.07) is -0.0245. The second kappa shape index (κ2) is 4.82. The Labute approximate surface area is 94.8 Å². The normalized spacial score (nSPS) is 29.6. The summed E-state index contributed by atoms with van der Waals surface area (Å²) < 4.78 is 0. The molecule has 0 bridgehead atoms. The van der Waals surface area contributed by atoms with Gasteiger partial charge in [-0.05, 0) is 31.7 Å². The zero-order chi connectivity index (χ0) is 11.5. The number of likely N-dealkylation sites (tertiary alicyclic amines) is 1. The molecule has 2 heterocycles. The number of amides is 1.